The molecule has 0 bridgehead atoms. The topological polar surface area (TPSA) is 95.9 Å². The molecule has 0 radical (unpaired) electrons. The van der Waals surface area contributed by atoms with Crippen molar-refractivity contribution < 1.29 is 24.5 Å². The van der Waals surface area contributed by atoms with E-state index in [9.17, 15) is 19.8 Å². The van der Waals surface area contributed by atoms with Crippen LogP contribution in [0.25, 0.3) is 0 Å². The molecule has 0 saturated heterocycles. The Bertz CT molecular complexity index is 1360. The number of amides is 1. The lowest BCUT2D eigenvalue weighted by atomic mass is 10.0. The van der Waals surface area contributed by atoms with E-state index in [1.54, 1.807) is 0 Å². The molecule has 2 atom stereocenters. The minimum atomic E-state index is -0.665. The summed E-state index contributed by atoms with van der Waals surface area (Å²) in [5, 5.41) is 23.4. The zero-order valence-electron chi connectivity index (χ0n) is 54.5. The van der Waals surface area contributed by atoms with E-state index in [0.717, 1.165) is 57.8 Å². The van der Waals surface area contributed by atoms with Gasteiger partial charge in [0.2, 0.25) is 5.91 Å². The Morgan fingerprint density at radius 2 is 0.617 bits per heavy atom. The number of aliphatic hydroxyl groups is 2. The van der Waals surface area contributed by atoms with Crippen LogP contribution < -0.4 is 5.32 Å². The normalized spacial score (nSPS) is 12.8. The molecule has 476 valence electrons. The molecule has 6 nitrogen and oxygen atoms in total. The van der Waals surface area contributed by atoms with Crippen LogP contribution in [0.5, 0.6) is 0 Å². The summed E-state index contributed by atoms with van der Waals surface area (Å²) < 4.78 is 5.49. The molecule has 0 aliphatic carbocycles. The number of ether oxygens (including phenoxy) is 1. The van der Waals surface area contributed by atoms with Crippen LogP contribution in [0, 0.1) is 0 Å². The van der Waals surface area contributed by atoms with Crippen molar-refractivity contribution in [3.63, 3.8) is 0 Å². The summed E-state index contributed by atoms with van der Waals surface area (Å²) in [5.41, 5.74) is 0. The number of carbonyl (C=O) groups is 2. The highest BCUT2D eigenvalue weighted by atomic mass is 16.5. The molecular formula is C75H141NO5. The lowest BCUT2D eigenvalue weighted by Crippen LogP contribution is -2.45. The summed E-state index contributed by atoms with van der Waals surface area (Å²) >= 11 is 0. The maximum atomic E-state index is 12.5. The molecule has 0 aromatic carbocycles. The molecule has 0 aliphatic rings. The Balaban J connectivity index is 3.40. The number of rotatable bonds is 68. The third-order valence-electron chi connectivity index (χ3n) is 16.9. The van der Waals surface area contributed by atoms with Crippen molar-refractivity contribution in [1.29, 1.82) is 0 Å². The van der Waals surface area contributed by atoms with Gasteiger partial charge in [0, 0.05) is 12.8 Å². The van der Waals surface area contributed by atoms with Gasteiger partial charge in [0.1, 0.15) is 0 Å². The largest absolute Gasteiger partial charge is 0.466 e. The molecule has 0 saturated carbocycles. The number of carbonyl (C=O) groups excluding carboxylic acids is 2. The Kier molecular flexibility index (Phi) is 68.4. The number of hydrogen-bond donors (Lipinski definition) is 3. The standard InChI is InChI=1S/C75H141NO5/c1-3-5-7-9-11-13-15-17-19-36-39-43-47-51-55-59-63-67-73(78)72(71-77)76-74(79)68-64-60-56-52-48-44-40-37-34-32-30-28-26-24-22-21-23-25-27-29-31-33-35-38-42-46-50-54-58-62-66-70-81-75(80)69-65-61-57-53-49-45-41-20-18-16-14-12-10-8-6-4-2/h14,16,20,23,25,29,31,41,72-73,77-78H,3-13,15,17-19,21-22,24,26-28,30,32-40,42-71H2,1-2H3,(H,76,79)/b16-14-,25-23-,31-29-,41-20-. The van der Waals surface area contributed by atoms with E-state index in [2.05, 4.69) is 67.8 Å². The van der Waals surface area contributed by atoms with Crippen LogP contribution in [0.15, 0.2) is 48.6 Å². The van der Waals surface area contributed by atoms with E-state index in [-0.39, 0.29) is 18.5 Å². The van der Waals surface area contributed by atoms with E-state index in [0.29, 0.717) is 25.9 Å². The Morgan fingerprint density at radius 3 is 0.951 bits per heavy atom. The Labute approximate surface area is 506 Å². The predicted molar refractivity (Wildman–Crippen MR) is 356 cm³/mol. The van der Waals surface area contributed by atoms with Gasteiger partial charge < -0.3 is 20.3 Å². The highest BCUT2D eigenvalue weighted by Crippen LogP contribution is 2.18. The van der Waals surface area contributed by atoms with Gasteiger partial charge in [0.15, 0.2) is 0 Å². The third kappa shape index (κ3) is 66.8. The summed E-state index contributed by atoms with van der Waals surface area (Å²) in [5.74, 6) is -0.0316. The third-order valence-corrected chi connectivity index (χ3v) is 16.9. The van der Waals surface area contributed by atoms with Gasteiger partial charge in [0.25, 0.3) is 0 Å². The summed E-state index contributed by atoms with van der Waals surface area (Å²) in [6, 6.07) is -0.542. The Morgan fingerprint density at radius 1 is 0.346 bits per heavy atom. The molecule has 0 aromatic rings. The van der Waals surface area contributed by atoms with Crippen LogP contribution in [0.2, 0.25) is 0 Å². The number of nitrogens with one attached hydrogen (secondary N) is 1. The second kappa shape index (κ2) is 70.3. The zero-order chi connectivity index (χ0) is 58.5. The van der Waals surface area contributed by atoms with Crippen molar-refractivity contribution in [2.75, 3.05) is 13.2 Å². The fourth-order valence-corrected chi connectivity index (χ4v) is 11.3. The minimum Gasteiger partial charge on any atom is -0.466 e. The molecule has 2 unspecified atom stereocenters. The first-order valence-corrected chi connectivity index (χ1v) is 36.4. The van der Waals surface area contributed by atoms with Gasteiger partial charge in [-0.1, -0.05) is 339 Å². The minimum absolute atomic E-state index is 0.000104. The van der Waals surface area contributed by atoms with Crippen LogP contribution in [0.1, 0.15) is 393 Å². The van der Waals surface area contributed by atoms with Crippen LogP contribution in [-0.2, 0) is 14.3 Å². The van der Waals surface area contributed by atoms with Gasteiger partial charge in [0.05, 0.1) is 25.4 Å². The van der Waals surface area contributed by atoms with Gasteiger partial charge in [-0.05, 0) is 89.9 Å². The molecule has 0 rings (SSSR count). The number of unbranched alkanes of at least 4 members (excludes halogenated alkanes) is 49. The number of allylic oxidation sites excluding steroid dienone is 8. The van der Waals surface area contributed by atoms with E-state index in [1.807, 2.05) is 0 Å². The molecule has 6 heteroatoms. The van der Waals surface area contributed by atoms with Crippen LogP contribution >= 0.6 is 0 Å². The summed E-state index contributed by atoms with van der Waals surface area (Å²) in [4.78, 5) is 24.6. The van der Waals surface area contributed by atoms with Crippen LogP contribution in [-0.4, -0.2) is 47.4 Å². The first-order valence-electron chi connectivity index (χ1n) is 36.4. The molecular weight excluding hydrogens is 995 g/mol. The number of aliphatic hydroxyl groups excluding tert-OH is 2. The molecule has 1 amide bonds. The van der Waals surface area contributed by atoms with Crippen molar-refractivity contribution in [1.82, 2.24) is 5.32 Å². The van der Waals surface area contributed by atoms with Crippen molar-refractivity contribution >= 4 is 11.9 Å². The van der Waals surface area contributed by atoms with Gasteiger partial charge in [-0.3, -0.25) is 9.59 Å². The van der Waals surface area contributed by atoms with E-state index < -0.39 is 12.1 Å². The summed E-state index contributed by atoms with van der Waals surface area (Å²) in [6.07, 6.45) is 91.7. The van der Waals surface area contributed by atoms with E-state index in [1.165, 1.54) is 302 Å². The first-order chi connectivity index (χ1) is 40.0. The number of esters is 1. The maximum absolute atomic E-state index is 12.5. The quantitative estimate of drug-likeness (QED) is 0.0320. The van der Waals surface area contributed by atoms with Gasteiger partial charge in [-0.2, -0.15) is 0 Å². The second-order valence-electron chi connectivity index (χ2n) is 24.9. The monoisotopic (exact) mass is 1140 g/mol. The molecule has 0 heterocycles. The average Bonchev–Trinajstić information content (AvgIpc) is 3.47. The Hall–Kier alpha value is -2.18. The molecule has 0 aliphatic heterocycles. The van der Waals surface area contributed by atoms with E-state index in [4.69, 9.17) is 4.74 Å². The maximum Gasteiger partial charge on any atom is 0.305 e. The molecule has 0 fully saturated rings. The molecule has 0 aromatic heterocycles. The lowest BCUT2D eigenvalue weighted by molar-refractivity contribution is -0.143. The number of hydrogen-bond acceptors (Lipinski definition) is 5. The van der Waals surface area contributed by atoms with Crippen LogP contribution in [0.3, 0.4) is 0 Å². The van der Waals surface area contributed by atoms with Crippen molar-refractivity contribution in [2.45, 2.75) is 405 Å². The fourth-order valence-electron chi connectivity index (χ4n) is 11.3. The predicted octanol–water partition coefficient (Wildman–Crippen LogP) is 23.6. The van der Waals surface area contributed by atoms with E-state index >= 15 is 0 Å². The van der Waals surface area contributed by atoms with Gasteiger partial charge in [-0.25, -0.2) is 0 Å². The van der Waals surface area contributed by atoms with Gasteiger partial charge in [-0.15, -0.1) is 0 Å². The second-order valence-corrected chi connectivity index (χ2v) is 24.9. The highest BCUT2D eigenvalue weighted by molar-refractivity contribution is 5.76. The van der Waals surface area contributed by atoms with Crippen LogP contribution in [0.4, 0.5) is 0 Å². The fraction of sp³-hybridized carbons (Fsp3) is 0.867. The van der Waals surface area contributed by atoms with Crippen molar-refractivity contribution in [3.8, 4) is 0 Å². The van der Waals surface area contributed by atoms with Crippen molar-refractivity contribution in [2.24, 2.45) is 0 Å². The average molecular weight is 1140 g/mol. The summed E-state index contributed by atoms with van der Waals surface area (Å²) in [7, 11) is 0. The first kappa shape index (κ1) is 78.8. The highest BCUT2D eigenvalue weighted by Gasteiger charge is 2.20. The SMILES string of the molecule is CCCCCC/C=C\C/C=C\CCCCCCCC(=O)OCCCCCCCCCCC/C=C\C/C=C\CCCCCCCCCCCCCCCCCC(=O)NC(CO)C(O)CCCCCCCCCCCCCCCCCCC. The molecule has 3 N–H and O–H groups in total. The lowest BCUT2D eigenvalue weighted by Gasteiger charge is -2.22. The van der Waals surface area contributed by atoms with Crippen molar-refractivity contribution in [3.05, 3.63) is 48.6 Å². The molecule has 0 spiro atoms. The summed E-state index contributed by atoms with van der Waals surface area (Å²) in [6.45, 7) is 4.96. The smallest absolute Gasteiger partial charge is 0.305 e. The zero-order valence-corrected chi connectivity index (χ0v) is 54.5. The molecule has 81 heavy (non-hydrogen) atoms. The van der Waals surface area contributed by atoms with Gasteiger partial charge >= 0.3 is 5.97 Å².